The molecule has 4 aliphatic rings. The number of carbonyl (C=O) groups is 5. The standard InChI is InChI=1S/C54H79NO13/c1-12-13-14-15-16-17-18-19-20-21-22-23-24-25-26-27-28-29-30-31-42(58)67-44-43-36(3)39(66-48(60)35(2)37(4)55-49(61)68-50(6,7)8)33-54(63,51(43,9)10)47(65-38(5)56)45-52(11,46(44)59)40(57)32-41-53(45,62)34-64-41/h13-14,16-17,19-20,22-23,25-26,28-29,35,37,39-41,44-45,47,57,62-63H,12,15,18,21,24,27,30-34H2,1-11H3,(H,55,61)/b14-13-,17-16-,20-19-,23-22-,26-25-,29-28-/t35-,37+,39+,40+,41-,44-,45+,47+,52-,53+,54-/m1/s1. The third-order valence-corrected chi connectivity index (χ3v) is 14.1. The Kier molecular flexibility index (Phi) is 19.6. The number of fused-ring (bicyclic) bond motifs is 5. The van der Waals surface area contributed by atoms with E-state index in [9.17, 15) is 34.5 Å². The number of alkyl carbamates (subject to hydrolysis) is 1. The Bertz CT molecular complexity index is 2020. The maximum absolute atomic E-state index is 15.4. The first-order valence-corrected chi connectivity index (χ1v) is 24.3. The molecule has 0 unspecified atom stereocenters. The van der Waals surface area contributed by atoms with E-state index in [0.29, 0.717) is 18.4 Å². The Balaban J connectivity index is 1.57. The van der Waals surface area contributed by atoms with Gasteiger partial charge in [-0.2, -0.15) is 0 Å². The van der Waals surface area contributed by atoms with E-state index in [1.165, 1.54) is 6.92 Å². The number of hydrogen-bond donors (Lipinski definition) is 4. The lowest BCUT2D eigenvalue weighted by atomic mass is 9.44. The van der Waals surface area contributed by atoms with Gasteiger partial charge in [0.25, 0.3) is 0 Å². The second-order valence-corrected chi connectivity index (χ2v) is 20.5. The molecule has 378 valence electrons. The molecule has 2 saturated carbocycles. The number of ketones is 1. The van der Waals surface area contributed by atoms with Gasteiger partial charge in [-0.25, -0.2) is 4.79 Å². The molecule has 68 heavy (non-hydrogen) atoms. The van der Waals surface area contributed by atoms with E-state index in [0.717, 1.165) is 39.0 Å². The second-order valence-electron chi connectivity index (χ2n) is 20.5. The highest BCUT2D eigenvalue weighted by Crippen LogP contribution is 2.63. The molecule has 4 N–H and O–H groups in total. The molecular formula is C54H79NO13. The highest BCUT2D eigenvalue weighted by atomic mass is 16.6. The fourth-order valence-electron chi connectivity index (χ4n) is 9.98. The van der Waals surface area contributed by atoms with Crippen molar-refractivity contribution in [2.45, 2.75) is 194 Å². The average molecular weight is 950 g/mol. The summed E-state index contributed by atoms with van der Waals surface area (Å²) in [6.45, 7) is 17.6. The summed E-state index contributed by atoms with van der Waals surface area (Å²) in [4.78, 5) is 68.9. The number of allylic oxidation sites excluding steroid dienone is 12. The van der Waals surface area contributed by atoms with Gasteiger partial charge in [0.15, 0.2) is 11.9 Å². The van der Waals surface area contributed by atoms with Crippen molar-refractivity contribution in [3.8, 4) is 0 Å². The van der Waals surface area contributed by atoms with E-state index < -0.39 is 106 Å². The van der Waals surface area contributed by atoms with E-state index >= 15 is 4.79 Å². The van der Waals surface area contributed by atoms with E-state index in [2.05, 4.69) is 66.9 Å². The zero-order valence-corrected chi connectivity index (χ0v) is 42.2. The summed E-state index contributed by atoms with van der Waals surface area (Å²) in [5.41, 5.74) is -7.92. The first-order chi connectivity index (χ1) is 31.9. The molecule has 14 nitrogen and oxygen atoms in total. The predicted molar refractivity (Wildman–Crippen MR) is 259 cm³/mol. The van der Waals surface area contributed by atoms with Crippen LogP contribution in [0, 0.1) is 22.7 Å². The van der Waals surface area contributed by atoms with Crippen LogP contribution in [-0.4, -0.2) is 105 Å². The van der Waals surface area contributed by atoms with Crippen molar-refractivity contribution >= 4 is 29.8 Å². The van der Waals surface area contributed by atoms with Gasteiger partial charge in [0.05, 0.1) is 30.1 Å². The zero-order chi connectivity index (χ0) is 50.7. The SMILES string of the molecule is CC/C=C\C/C=C\C/C=C\C/C=C\C/C=C\C/C=C\CCC(=O)O[C@H]1C(=O)[C@@]2(C)[C@H]([C@H](OC(C)=O)[C@]3(O)C[C@H](OC(=O)[C@H](C)[C@H](C)NC(=O)OC(C)(C)C)C(C)=C1C3(C)C)[C@]1(O)CO[C@@H]1C[C@@H]2O. The van der Waals surface area contributed by atoms with Crippen molar-refractivity contribution in [1.29, 1.82) is 0 Å². The van der Waals surface area contributed by atoms with Gasteiger partial charge in [-0.05, 0) is 105 Å². The van der Waals surface area contributed by atoms with Crippen molar-refractivity contribution in [3.05, 3.63) is 84.1 Å². The molecule has 14 heteroatoms. The van der Waals surface area contributed by atoms with Crippen LogP contribution in [0.15, 0.2) is 84.1 Å². The molecule has 1 heterocycles. The normalized spacial score (nSPS) is 31.4. The summed E-state index contributed by atoms with van der Waals surface area (Å²) in [6, 6.07) is -0.765. The maximum Gasteiger partial charge on any atom is 0.407 e. The fraction of sp³-hybridized carbons (Fsp3) is 0.648. The van der Waals surface area contributed by atoms with Gasteiger partial charge >= 0.3 is 24.0 Å². The Labute approximate surface area is 404 Å². The summed E-state index contributed by atoms with van der Waals surface area (Å²) >= 11 is 0. The van der Waals surface area contributed by atoms with E-state index in [1.54, 1.807) is 55.4 Å². The molecule has 1 aliphatic heterocycles. The number of aliphatic hydroxyl groups excluding tert-OH is 1. The van der Waals surface area contributed by atoms with Crippen molar-refractivity contribution in [2.75, 3.05) is 6.61 Å². The average Bonchev–Trinajstić information content (AvgIpc) is 3.24. The van der Waals surface area contributed by atoms with Gasteiger partial charge < -0.3 is 44.3 Å². The highest BCUT2D eigenvalue weighted by Gasteiger charge is 2.76. The molecule has 3 aliphatic carbocycles. The molecule has 11 atom stereocenters. The monoisotopic (exact) mass is 950 g/mol. The van der Waals surface area contributed by atoms with Crippen LogP contribution >= 0.6 is 0 Å². The molecule has 0 aromatic carbocycles. The maximum atomic E-state index is 15.4. The third-order valence-electron chi connectivity index (χ3n) is 14.1. The number of esters is 3. The van der Waals surface area contributed by atoms with Gasteiger partial charge in [-0.1, -0.05) is 93.7 Å². The third kappa shape index (κ3) is 13.0. The number of Topliss-reactive ketones (excluding diaryl/α,β-unsaturated/α-hetero) is 1. The number of rotatable bonds is 20. The van der Waals surface area contributed by atoms with Crippen LogP contribution in [0.3, 0.4) is 0 Å². The van der Waals surface area contributed by atoms with Crippen molar-refractivity contribution in [3.63, 3.8) is 0 Å². The van der Waals surface area contributed by atoms with E-state index in [1.807, 2.05) is 18.2 Å². The van der Waals surface area contributed by atoms with Crippen LogP contribution in [0.1, 0.15) is 140 Å². The van der Waals surface area contributed by atoms with E-state index in [4.69, 9.17) is 23.7 Å². The highest BCUT2D eigenvalue weighted by molar-refractivity contribution is 5.95. The van der Waals surface area contributed by atoms with Gasteiger partial charge in [0.1, 0.15) is 29.0 Å². The van der Waals surface area contributed by atoms with Gasteiger partial charge in [0.2, 0.25) is 0 Å². The fourth-order valence-corrected chi connectivity index (χ4v) is 9.98. The number of hydrogen-bond acceptors (Lipinski definition) is 13. The number of ether oxygens (including phenoxy) is 5. The minimum Gasteiger partial charge on any atom is -0.459 e. The van der Waals surface area contributed by atoms with E-state index in [-0.39, 0.29) is 31.4 Å². The number of aliphatic hydroxyl groups is 3. The molecule has 0 radical (unpaired) electrons. The summed E-state index contributed by atoms with van der Waals surface area (Å²) in [5.74, 6) is -5.50. The van der Waals surface area contributed by atoms with Gasteiger partial charge in [0, 0.05) is 43.6 Å². The topological polar surface area (TPSA) is 204 Å². The quantitative estimate of drug-likeness (QED) is 0.0516. The zero-order valence-electron chi connectivity index (χ0n) is 42.2. The minimum atomic E-state index is -2.21. The first kappa shape index (κ1) is 56.0. The van der Waals surface area contributed by atoms with Crippen molar-refractivity contribution in [1.82, 2.24) is 5.32 Å². The van der Waals surface area contributed by atoms with Crippen LogP contribution in [0.2, 0.25) is 0 Å². The van der Waals surface area contributed by atoms with Crippen LogP contribution in [0.25, 0.3) is 0 Å². The summed E-state index contributed by atoms with van der Waals surface area (Å²) in [5, 5.41) is 40.3. The number of nitrogens with one attached hydrogen (secondary N) is 1. The molecular weight excluding hydrogens is 871 g/mol. The summed E-state index contributed by atoms with van der Waals surface area (Å²) in [7, 11) is 0. The van der Waals surface area contributed by atoms with Crippen molar-refractivity contribution < 1.29 is 63.0 Å². The lowest BCUT2D eigenvalue weighted by Crippen LogP contribution is -2.81. The Hall–Kier alpha value is -4.63. The summed E-state index contributed by atoms with van der Waals surface area (Å²) in [6.07, 6.45) is 22.1. The second kappa shape index (κ2) is 23.8. The molecule has 4 rings (SSSR count). The molecule has 0 aromatic rings. The molecule has 1 amide bonds. The van der Waals surface area contributed by atoms with Gasteiger partial charge in [-0.3, -0.25) is 19.2 Å². The number of carbonyl (C=O) groups excluding carboxylic acids is 5. The molecule has 0 spiro atoms. The first-order valence-electron chi connectivity index (χ1n) is 24.3. The molecule has 1 saturated heterocycles. The van der Waals surface area contributed by atoms with Crippen molar-refractivity contribution in [2.24, 2.45) is 22.7 Å². The Morgan fingerprint density at radius 1 is 0.838 bits per heavy atom. The largest absolute Gasteiger partial charge is 0.459 e. The smallest absolute Gasteiger partial charge is 0.407 e. The van der Waals surface area contributed by atoms with Gasteiger partial charge in [-0.15, -0.1) is 0 Å². The molecule has 0 aromatic heterocycles. The lowest BCUT2D eigenvalue weighted by Gasteiger charge is -2.66. The minimum absolute atomic E-state index is 0.111. The Morgan fingerprint density at radius 2 is 1.37 bits per heavy atom. The lowest BCUT2D eigenvalue weighted by molar-refractivity contribution is -0.345. The Morgan fingerprint density at radius 3 is 1.85 bits per heavy atom. The number of amides is 1. The predicted octanol–water partition coefficient (Wildman–Crippen LogP) is 8.35. The van der Waals surface area contributed by atoms with Crippen LogP contribution in [0.5, 0.6) is 0 Å². The van der Waals surface area contributed by atoms with Crippen LogP contribution in [-0.2, 0) is 42.9 Å². The molecule has 3 fully saturated rings. The van der Waals surface area contributed by atoms with Crippen LogP contribution in [0.4, 0.5) is 4.79 Å². The van der Waals surface area contributed by atoms with Crippen LogP contribution < -0.4 is 5.32 Å². The molecule has 2 bridgehead atoms. The summed E-state index contributed by atoms with van der Waals surface area (Å²) < 4.78 is 29.4.